The summed E-state index contributed by atoms with van der Waals surface area (Å²) in [6.45, 7) is 5.26. The maximum atomic E-state index is 12.4. The molecule has 0 radical (unpaired) electrons. The maximum Gasteiger partial charge on any atom is 0.225 e. The summed E-state index contributed by atoms with van der Waals surface area (Å²) in [5, 5.41) is 4.07. The predicted octanol–water partition coefficient (Wildman–Crippen LogP) is 1.30. The molecule has 0 aliphatic carbocycles. The lowest BCUT2D eigenvalue weighted by molar-refractivity contribution is -0.149. The molecule has 0 spiro atoms. The molecule has 2 saturated heterocycles. The highest BCUT2D eigenvalue weighted by atomic mass is 16.5. The Labute approximate surface area is 131 Å². The van der Waals surface area contributed by atoms with Crippen molar-refractivity contribution in [2.75, 3.05) is 33.8 Å². The van der Waals surface area contributed by atoms with E-state index in [0.29, 0.717) is 6.61 Å². The third-order valence-electron chi connectivity index (χ3n) is 4.77. The highest BCUT2D eigenvalue weighted by Crippen LogP contribution is 2.34. The quantitative estimate of drug-likeness (QED) is 0.842. The molecule has 122 valence electrons. The zero-order chi connectivity index (χ0) is 15.7. The van der Waals surface area contributed by atoms with Gasteiger partial charge in [-0.2, -0.15) is 0 Å². The summed E-state index contributed by atoms with van der Waals surface area (Å²) in [4.78, 5) is 16.5. The molecular formula is C16H25N3O3. The number of likely N-dealkylation sites (tertiary alicyclic amines) is 1. The van der Waals surface area contributed by atoms with E-state index in [1.807, 2.05) is 27.1 Å². The first-order chi connectivity index (χ1) is 10.5. The van der Waals surface area contributed by atoms with Crippen LogP contribution in [0.3, 0.4) is 0 Å². The third kappa shape index (κ3) is 3.17. The van der Waals surface area contributed by atoms with Gasteiger partial charge in [0.2, 0.25) is 5.91 Å². The fourth-order valence-electron chi connectivity index (χ4n) is 3.69. The molecule has 3 rings (SSSR count). The van der Waals surface area contributed by atoms with E-state index < -0.39 is 0 Å². The van der Waals surface area contributed by atoms with E-state index in [4.69, 9.17) is 9.26 Å². The van der Waals surface area contributed by atoms with Crippen LogP contribution in [-0.4, -0.2) is 60.8 Å². The Morgan fingerprint density at radius 2 is 2.27 bits per heavy atom. The number of aryl methyl sites for hydroxylation is 1. The van der Waals surface area contributed by atoms with E-state index in [9.17, 15) is 4.79 Å². The van der Waals surface area contributed by atoms with Crippen LogP contribution in [0.15, 0.2) is 10.6 Å². The van der Waals surface area contributed by atoms with Gasteiger partial charge in [0.1, 0.15) is 5.76 Å². The van der Waals surface area contributed by atoms with Crippen LogP contribution in [0, 0.1) is 18.8 Å². The molecule has 3 atom stereocenters. The first kappa shape index (κ1) is 15.5. The van der Waals surface area contributed by atoms with Crippen LogP contribution in [0.25, 0.3) is 0 Å². The molecule has 1 aromatic heterocycles. The van der Waals surface area contributed by atoms with Crippen LogP contribution in [0.2, 0.25) is 0 Å². The summed E-state index contributed by atoms with van der Waals surface area (Å²) in [5.74, 6) is 1.44. The van der Waals surface area contributed by atoms with Crippen molar-refractivity contribution in [1.29, 1.82) is 0 Å². The molecule has 1 aromatic rings. The van der Waals surface area contributed by atoms with Gasteiger partial charge in [0, 0.05) is 58.2 Å². The van der Waals surface area contributed by atoms with Gasteiger partial charge >= 0.3 is 0 Å². The average molecular weight is 307 g/mol. The summed E-state index contributed by atoms with van der Waals surface area (Å²) in [5.41, 5.74) is 0.961. The molecule has 0 saturated carbocycles. The summed E-state index contributed by atoms with van der Waals surface area (Å²) in [6.07, 6.45) is 2.03. The van der Waals surface area contributed by atoms with Gasteiger partial charge in [-0.05, 0) is 19.8 Å². The number of carbonyl (C=O) groups excluding carboxylic acids is 1. The monoisotopic (exact) mass is 307 g/mol. The van der Waals surface area contributed by atoms with E-state index in [-0.39, 0.29) is 23.8 Å². The highest BCUT2D eigenvalue weighted by molar-refractivity contribution is 5.78. The number of rotatable bonds is 3. The standard InChI is InChI=1S/C16H25N3O3/c1-11-8-12(17-22-11)9-19-6-4-15-14(10-19)13(5-7-21-15)16(20)18(2)3/h8,13-15H,4-7,9-10H2,1-3H3/t13-,14+,15-/m1/s1. The Kier molecular flexibility index (Phi) is 4.49. The van der Waals surface area contributed by atoms with Crippen molar-refractivity contribution in [1.82, 2.24) is 15.0 Å². The van der Waals surface area contributed by atoms with Gasteiger partial charge < -0.3 is 14.2 Å². The minimum atomic E-state index is 0.0793. The van der Waals surface area contributed by atoms with Crippen molar-refractivity contribution in [3.8, 4) is 0 Å². The van der Waals surface area contributed by atoms with Crippen molar-refractivity contribution in [2.45, 2.75) is 32.4 Å². The Hall–Kier alpha value is -1.40. The SMILES string of the molecule is Cc1cc(CN2CC[C@H]3OCC[C@@H](C(=O)N(C)C)[C@@H]3C2)no1. The molecular weight excluding hydrogens is 282 g/mol. The van der Waals surface area contributed by atoms with Crippen molar-refractivity contribution >= 4 is 5.91 Å². The average Bonchev–Trinajstić information content (AvgIpc) is 2.91. The van der Waals surface area contributed by atoms with Gasteiger partial charge in [-0.25, -0.2) is 0 Å². The molecule has 2 aliphatic rings. The topological polar surface area (TPSA) is 58.8 Å². The van der Waals surface area contributed by atoms with Crippen LogP contribution in [0.5, 0.6) is 0 Å². The number of ether oxygens (including phenoxy) is 1. The summed E-state index contributed by atoms with van der Waals surface area (Å²) in [7, 11) is 3.68. The number of nitrogens with zero attached hydrogens (tertiary/aromatic N) is 3. The van der Waals surface area contributed by atoms with Gasteiger partial charge in [0.25, 0.3) is 0 Å². The van der Waals surface area contributed by atoms with Crippen LogP contribution in [0.1, 0.15) is 24.3 Å². The zero-order valence-corrected chi connectivity index (χ0v) is 13.6. The fraction of sp³-hybridized carbons (Fsp3) is 0.750. The normalized spacial score (nSPS) is 29.1. The van der Waals surface area contributed by atoms with Crippen molar-refractivity contribution < 1.29 is 14.1 Å². The molecule has 6 heteroatoms. The fourth-order valence-corrected chi connectivity index (χ4v) is 3.69. The second kappa shape index (κ2) is 6.38. The lowest BCUT2D eigenvalue weighted by atomic mass is 9.78. The first-order valence-corrected chi connectivity index (χ1v) is 8.02. The van der Waals surface area contributed by atoms with Crippen LogP contribution in [-0.2, 0) is 16.1 Å². The molecule has 0 aromatic carbocycles. The number of hydrogen-bond acceptors (Lipinski definition) is 5. The molecule has 2 fully saturated rings. The molecule has 1 amide bonds. The van der Waals surface area contributed by atoms with Crippen molar-refractivity contribution in [2.24, 2.45) is 11.8 Å². The lowest BCUT2D eigenvalue weighted by Gasteiger charge is -2.44. The van der Waals surface area contributed by atoms with Gasteiger partial charge in [0.05, 0.1) is 11.8 Å². The van der Waals surface area contributed by atoms with Gasteiger partial charge in [-0.15, -0.1) is 0 Å². The third-order valence-corrected chi connectivity index (χ3v) is 4.77. The van der Waals surface area contributed by atoms with Gasteiger partial charge in [-0.3, -0.25) is 9.69 Å². The number of carbonyl (C=O) groups is 1. The minimum absolute atomic E-state index is 0.0793. The number of piperidine rings is 1. The minimum Gasteiger partial charge on any atom is -0.378 e. The van der Waals surface area contributed by atoms with E-state index in [2.05, 4.69) is 10.1 Å². The van der Waals surface area contributed by atoms with E-state index in [0.717, 1.165) is 43.9 Å². The molecule has 3 heterocycles. The molecule has 0 N–H and O–H groups in total. The Morgan fingerprint density at radius 1 is 1.45 bits per heavy atom. The number of amides is 1. The van der Waals surface area contributed by atoms with Crippen molar-refractivity contribution in [3.05, 3.63) is 17.5 Å². The second-order valence-electron chi connectivity index (χ2n) is 6.65. The van der Waals surface area contributed by atoms with Crippen molar-refractivity contribution in [3.63, 3.8) is 0 Å². The molecule has 22 heavy (non-hydrogen) atoms. The van der Waals surface area contributed by atoms with Crippen LogP contribution < -0.4 is 0 Å². The Bertz CT molecular complexity index is 528. The number of fused-ring (bicyclic) bond motifs is 1. The molecule has 6 nitrogen and oxygen atoms in total. The molecule has 0 unspecified atom stereocenters. The number of aromatic nitrogens is 1. The zero-order valence-electron chi connectivity index (χ0n) is 13.6. The first-order valence-electron chi connectivity index (χ1n) is 8.02. The Morgan fingerprint density at radius 3 is 2.95 bits per heavy atom. The van der Waals surface area contributed by atoms with Crippen LogP contribution >= 0.6 is 0 Å². The number of hydrogen-bond donors (Lipinski definition) is 0. The molecule has 0 bridgehead atoms. The highest BCUT2D eigenvalue weighted by Gasteiger charge is 2.42. The summed E-state index contributed by atoms with van der Waals surface area (Å²) >= 11 is 0. The van der Waals surface area contributed by atoms with Gasteiger partial charge in [-0.1, -0.05) is 5.16 Å². The predicted molar refractivity (Wildman–Crippen MR) is 81.2 cm³/mol. The summed E-state index contributed by atoms with van der Waals surface area (Å²) < 4.78 is 11.1. The van der Waals surface area contributed by atoms with E-state index in [1.165, 1.54) is 0 Å². The van der Waals surface area contributed by atoms with E-state index >= 15 is 0 Å². The molecule has 2 aliphatic heterocycles. The summed E-state index contributed by atoms with van der Waals surface area (Å²) in [6, 6.07) is 1.98. The lowest BCUT2D eigenvalue weighted by Crippen LogP contribution is -2.53. The van der Waals surface area contributed by atoms with Crippen LogP contribution in [0.4, 0.5) is 0 Å². The Balaban J connectivity index is 1.68. The smallest absolute Gasteiger partial charge is 0.225 e. The second-order valence-corrected chi connectivity index (χ2v) is 6.65. The van der Waals surface area contributed by atoms with E-state index in [1.54, 1.807) is 4.90 Å². The largest absolute Gasteiger partial charge is 0.378 e. The maximum absolute atomic E-state index is 12.4. The van der Waals surface area contributed by atoms with Gasteiger partial charge in [0.15, 0.2) is 0 Å².